The van der Waals surface area contributed by atoms with Gasteiger partial charge in [-0.1, -0.05) is 6.07 Å². The summed E-state index contributed by atoms with van der Waals surface area (Å²) in [6.45, 7) is 9.79. The predicted octanol–water partition coefficient (Wildman–Crippen LogP) is 3.79. The van der Waals surface area contributed by atoms with Crippen LogP contribution >= 0.6 is 0 Å². The van der Waals surface area contributed by atoms with E-state index in [0.717, 1.165) is 30.0 Å². The maximum atomic E-state index is 12.9. The van der Waals surface area contributed by atoms with Crippen LogP contribution in [0.1, 0.15) is 32.8 Å². The van der Waals surface area contributed by atoms with Crippen LogP contribution in [-0.4, -0.2) is 37.4 Å². The smallest absolute Gasteiger partial charge is 0.229 e. The van der Waals surface area contributed by atoms with Crippen molar-refractivity contribution in [2.75, 3.05) is 40.1 Å². The van der Waals surface area contributed by atoms with Crippen LogP contribution in [-0.2, 0) is 14.4 Å². The van der Waals surface area contributed by atoms with E-state index < -0.39 is 5.92 Å². The Bertz CT molecular complexity index is 985. The molecule has 1 atom stereocenters. The first-order valence-corrected chi connectivity index (χ1v) is 10.7. The minimum Gasteiger partial charge on any atom is -0.372 e. The molecule has 1 aliphatic heterocycles. The van der Waals surface area contributed by atoms with Gasteiger partial charge in [0, 0.05) is 55.7 Å². The van der Waals surface area contributed by atoms with Crippen LogP contribution in [0.25, 0.3) is 0 Å². The molecule has 2 aromatic carbocycles. The lowest BCUT2D eigenvalue weighted by Crippen LogP contribution is -2.28. The standard InChI is InChI=1S/C24H30N4O3/c1-5-27(6-2)20-10-11-22(16(3)12-20)26-24(31)18-13-23(30)28(15-18)21-9-7-8-19(14-21)25-17(4)29/h7-12,14,18H,5-6,13,15H2,1-4H3,(H,25,29)(H,26,31)/t18-/m1/s1. The number of amides is 3. The molecular formula is C24H30N4O3. The second-order valence-electron chi connectivity index (χ2n) is 7.80. The highest BCUT2D eigenvalue weighted by Crippen LogP contribution is 2.29. The van der Waals surface area contributed by atoms with E-state index in [0.29, 0.717) is 17.9 Å². The number of nitrogens with one attached hydrogen (secondary N) is 2. The highest BCUT2D eigenvalue weighted by atomic mass is 16.2. The predicted molar refractivity (Wildman–Crippen MR) is 125 cm³/mol. The third kappa shape index (κ3) is 5.23. The molecule has 1 aliphatic rings. The summed E-state index contributed by atoms with van der Waals surface area (Å²) in [6, 6.07) is 13.1. The molecule has 3 amide bonds. The number of nitrogens with zero attached hydrogens (tertiary/aromatic N) is 2. The van der Waals surface area contributed by atoms with Crippen LogP contribution in [0, 0.1) is 12.8 Å². The zero-order valence-corrected chi connectivity index (χ0v) is 18.6. The second kappa shape index (κ2) is 9.64. The Balaban J connectivity index is 1.69. The van der Waals surface area contributed by atoms with Crippen molar-refractivity contribution in [2.45, 2.75) is 34.1 Å². The second-order valence-corrected chi connectivity index (χ2v) is 7.80. The fourth-order valence-corrected chi connectivity index (χ4v) is 3.90. The van der Waals surface area contributed by atoms with Gasteiger partial charge in [-0.25, -0.2) is 0 Å². The van der Waals surface area contributed by atoms with Gasteiger partial charge >= 0.3 is 0 Å². The topological polar surface area (TPSA) is 81.8 Å². The largest absolute Gasteiger partial charge is 0.372 e. The van der Waals surface area contributed by atoms with Gasteiger partial charge in [-0.15, -0.1) is 0 Å². The first kappa shape index (κ1) is 22.3. The van der Waals surface area contributed by atoms with Crippen LogP contribution < -0.4 is 20.4 Å². The number of carbonyl (C=O) groups excluding carboxylic acids is 3. The Labute approximate surface area is 183 Å². The van der Waals surface area contributed by atoms with Crippen molar-refractivity contribution in [3.8, 4) is 0 Å². The Kier molecular flexibility index (Phi) is 6.95. The van der Waals surface area contributed by atoms with E-state index in [1.807, 2.05) is 19.1 Å². The summed E-state index contributed by atoms with van der Waals surface area (Å²) in [5.41, 5.74) is 4.17. The quantitative estimate of drug-likeness (QED) is 0.711. The molecule has 0 bridgehead atoms. The minimum atomic E-state index is -0.432. The summed E-state index contributed by atoms with van der Waals surface area (Å²) >= 11 is 0. The zero-order chi connectivity index (χ0) is 22.5. The molecule has 0 spiro atoms. The molecule has 7 nitrogen and oxygen atoms in total. The lowest BCUT2D eigenvalue weighted by Gasteiger charge is -2.22. The molecule has 164 valence electrons. The first-order valence-electron chi connectivity index (χ1n) is 10.7. The molecule has 0 saturated carbocycles. The summed E-state index contributed by atoms with van der Waals surface area (Å²) in [7, 11) is 0. The Morgan fingerprint density at radius 2 is 1.84 bits per heavy atom. The normalized spacial score (nSPS) is 15.7. The van der Waals surface area contributed by atoms with Crippen molar-refractivity contribution in [3.05, 3.63) is 48.0 Å². The molecule has 3 rings (SSSR count). The molecular weight excluding hydrogens is 392 g/mol. The van der Waals surface area contributed by atoms with Crippen molar-refractivity contribution in [3.63, 3.8) is 0 Å². The van der Waals surface area contributed by atoms with Gasteiger partial charge in [0.1, 0.15) is 0 Å². The molecule has 2 aromatic rings. The van der Waals surface area contributed by atoms with Gasteiger partial charge in [0.2, 0.25) is 17.7 Å². The van der Waals surface area contributed by atoms with E-state index in [1.54, 1.807) is 29.2 Å². The van der Waals surface area contributed by atoms with Gasteiger partial charge in [-0.2, -0.15) is 0 Å². The number of hydrogen-bond acceptors (Lipinski definition) is 4. The van der Waals surface area contributed by atoms with Crippen molar-refractivity contribution >= 4 is 40.5 Å². The number of benzene rings is 2. The Morgan fingerprint density at radius 1 is 1.10 bits per heavy atom. The Hall–Kier alpha value is -3.35. The van der Waals surface area contributed by atoms with Crippen molar-refractivity contribution in [1.29, 1.82) is 0 Å². The fourth-order valence-electron chi connectivity index (χ4n) is 3.90. The van der Waals surface area contributed by atoms with Crippen molar-refractivity contribution in [1.82, 2.24) is 0 Å². The highest BCUT2D eigenvalue weighted by molar-refractivity contribution is 6.04. The van der Waals surface area contributed by atoms with Gasteiger partial charge in [0.15, 0.2) is 0 Å². The molecule has 0 aromatic heterocycles. The van der Waals surface area contributed by atoms with Crippen LogP contribution in [0.15, 0.2) is 42.5 Å². The average Bonchev–Trinajstić information content (AvgIpc) is 3.12. The zero-order valence-electron chi connectivity index (χ0n) is 18.6. The third-order valence-electron chi connectivity index (χ3n) is 5.57. The van der Waals surface area contributed by atoms with Crippen LogP contribution in [0.5, 0.6) is 0 Å². The summed E-state index contributed by atoms with van der Waals surface area (Å²) in [5.74, 6) is -0.871. The van der Waals surface area contributed by atoms with E-state index in [4.69, 9.17) is 0 Å². The molecule has 0 radical (unpaired) electrons. The summed E-state index contributed by atoms with van der Waals surface area (Å²) < 4.78 is 0. The molecule has 1 saturated heterocycles. The van der Waals surface area contributed by atoms with E-state index >= 15 is 0 Å². The van der Waals surface area contributed by atoms with Crippen LogP contribution in [0.2, 0.25) is 0 Å². The lowest BCUT2D eigenvalue weighted by molar-refractivity contribution is -0.122. The minimum absolute atomic E-state index is 0.103. The number of aryl methyl sites for hydroxylation is 1. The van der Waals surface area contributed by atoms with E-state index in [1.165, 1.54) is 6.92 Å². The summed E-state index contributed by atoms with van der Waals surface area (Å²) in [5, 5.41) is 5.71. The monoisotopic (exact) mass is 422 g/mol. The molecule has 0 unspecified atom stereocenters. The summed E-state index contributed by atoms with van der Waals surface area (Å²) in [4.78, 5) is 40.6. The van der Waals surface area contributed by atoms with E-state index in [2.05, 4.69) is 35.4 Å². The fraction of sp³-hybridized carbons (Fsp3) is 0.375. The maximum absolute atomic E-state index is 12.9. The molecule has 1 fully saturated rings. The number of carbonyl (C=O) groups is 3. The Morgan fingerprint density at radius 3 is 2.48 bits per heavy atom. The van der Waals surface area contributed by atoms with E-state index in [9.17, 15) is 14.4 Å². The molecule has 0 aliphatic carbocycles. The van der Waals surface area contributed by atoms with Crippen LogP contribution in [0.3, 0.4) is 0 Å². The van der Waals surface area contributed by atoms with Gasteiger partial charge in [0.05, 0.1) is 5.92 Å². The SMILES string of the molecule is CCN(CC)c1ccc(NC(=O)[C@@H]2CC(=O)N(c3cccc(NC(C)=O)c3)C2)c(C)c1. The van der Waals surface area contributed by atoms with E-state index in [-0.39, 0.29) is 24.1 Å². The van der Waals surface area contributed by atoms with Gasteiger partial charge in [-0.05, 0) is 62.7 Å². The first-order chi connectivity index (χ1) is 14.8. The molecule has 1 heterocycles. The van der Waals surface area contributed by atoms with Crippen molar-refractivity contribution in [2.24, 2.45) is 5.92 Å². The average molecular weight is 423 g/mol. The van der Waals surface area contributed by atoms with Gasteiger partial charge in [-0.3, -0.25) is 14.4 Å². The molecule has 7 heteroatoms. The van der Waals surface area contributed by atoms with Crippen molar-refractivity contribution < 1.29 is 14.4 Å². The number of hydrogen-bond donors (Lipinski definition) is 2. The van der Waals surface area contributed by atoms with Gasteiger partial charge in [0.25, 0.3) is 0 Å². The molecule has 2 N–H and O–H groups in total. The number of rotatable bonds is 7. The van der Waals surface area contributed by atoms with Gasteiger partial charge < -0.3 is 20.4 Å². The third-order valence-corrected chi connectivity index (χ3v) is 5.57. The van der Waals surface area contributed by atoms with Crippen LogP contribution in [0.4, 0.5) is 22.7 Å². The highest BCUT2D eigenvalue weighted by Gasteiger charge is 2.35. The number of anilines is 4. The summed E-state index contributed by atoms with van der Waals surface area (Å²) in [6.07, 6.45) is 0.160. The maximum Gasteiger partial charge on any atom is 0.229 e. The molecule has 31 heavy (non-hydrogen) atoms. The lowest BCUT2D eigenvalue weighted by atomic mass is 10.1.